The van der Waals surface area contributed by atoms with E-state index in [1.54, 1.807) is 64.9 Å². The summed E-state index contributed by atoms with van der Waals surface area (Å²) in [5, 5.41) is 28.9. The van der Waals surface area contributed by atoms with E-state index < -0.39 is 11.2 Å². The molecule has 2 amide bonds. The lowest BCUT2D eigenvalue weighted by molar-refractivity contribution is 0.0188. The fourth-order valence-electron chi connectivity index (χ4n) is 14.4. The minimum atomic E-state index is -0.491. The number of rotatable bonds is 16. The number of ether oxygens (including phenoxy) is 2. The number of likely N-dealkylation sites (N-methyl/N-ethyl adjacent to an activating group) is 2. The Balaban J connectivity index is 0.000000149. The first-order valence-corrected chi connectivity index (χ1v) is 37.5. The van der Waals surface area contributed by atoms with Gasteiger partial charge in [-0.1, -0.05) is 91.0 Å². The molecule has 2 bridgehead atoms. The summed E-state index contributed by atoms with van der Waals surface area (Å²) in [5.41, 5.74) is 15.8. The zero-order valence-corrected chi connectivity index (χ0v) is 63.5. The van der Waals surface area contributed by atoms with E-state index in [0.717, 1.165) is 116 Å². The molecule has 3 aromatic carbocycles. The summed E-state index contributed by atoms with van der Waals surface area (Å²) in [6.45, 7) is 18.5. The summed E-state index contributed by atoms with van der Waals surface area (Å²) in [6, 6.07) is 43.9. The largest absolute Gasteiger partial charge is 0.444 e. The number of nitrogens with one attached hydrogen (secondary N) is 3. The number of aliphatic hydroxyl groups is 2. The molecule has 20 heteroatoms. The predicted octanol–water partition coefficient (Wildman–Crippen LogP) is 14.4. The van der Waals surface area contributed by atoms with Gasteiger partial charge in [-0.25, -0.2) is 9.59 Å². The average molecular weight is 1450 g/mol. The Morgan fingerprint density at radius 1 is 0.495 bits per heavy atom. The number of pyridine rings is 6. The van der Waals surface area contributed by atoms with E-state index in [2.05, 4.69) is 117 Å². The topological polar surface area (TPSA) is 250 Å². The number of carbonyl (C=O) groups is 4. The van der Waals surface area contributed by atoms with Gasteiger partial charge in [0.2, 0.25) is 0 Å². The molecule has 0 spiro atoms. The van der Waals surface area contributed by atoms with Crippen molar-refractivity contribution in [3.05, 3.63) is 285 Å². The minimum absolute atomic E-state index is 0.0217. The van der Waals surface area contributed by atoms with Gasteiger partial charge in [-0.15, -0.1) is 0 Å². The smallest absolute Gasteiger partial charge is 0.410 e. The summed E-state index contributed by atoms with van der Waals surface area (Å²) in [7, 11) is 3.85. The van der Waals surface area contributed by atoms with E-state index in [1.165, 1.54) is 59.3 Å². The van der Waals surface area contributed by atoms with Crippen LogP contribution >= 0.6 is 0 Å². The van der Waals surface area contributed by atoms with Gasteiger partial charge in [0.15, 0.2) is 12.6 Å². The van der Waals surface area contributed by atoms with Gasteiger partial charge >= 0.3 is 12.2 Å². The second-order valence-electron chi connectivity index (χ2n) is 29.6. The van der Waals surface area contributed by atoms with Crippen LogP contribution < -0.4 is 16.0 Å². The molecule has 0 radical (unpaired) electrons. The van der Waals surface area contributed by atoms with Gasteiger partial charge in [-0.05, 0) is 229 Å². The van der Waals surface area contributed by atoms with Crippen LogP contribution in [0.3, 0.4) is 0 Å². The van der Waals surface area contributed by atoms with Crippen LogP contribution in [-0.2, 0) is 55.0 Å². The maximum atomic E-state index is 12.2. The summed E-state index contributed by atoms with van der Waals surface area (Å²) in [4.78, 5) is 77.0. The van der Waals surface area contributed by atoms with E-state index >= 15 is 0 Å². The normalized spacial score (nSPS) is 18.2. The van der Waals surface area contributed by atoms with Gasteiger partial charge in [0, 0.05) is 167 Å². The number of carbonyl (C=O) groups excluding carboxylic acids is 4. The second-order valence-corrected chi connectivity index (χ2v) is 29.6. The third-order valence-electron chi connectivity index (χ3n) is 19.7. The Labute approximate surface area is 632 Å². The Morgan fingerprint density at radius 3 is 1.46 bits per heavy atom. The Bertz CT molecular complexity index is 4200. The lowest BCUT2D eigenvalue weighted by Gasteiger charge is -2.38. The number of nitrogens with zero attached hydrogens (tertiary/aromatic N) is 9. The zero-order chi connectivity index (χ0) is 76.0. The molecule has 107 heavy (non-hydrogen) atoms. The molecule has 564 valence electrons. The zero-order valence-electron chi connectivity index (χ0n) is 63.5. The maximum Gasteiger partial charge on any atom is 0.410 e. The number of aliphatic hydroxyl groups excluding tert-OH is 2. The number of amides is 2. The Hall–Kier alpha value is -9.80. The minimum Gasteiger partial charge on any atom is -0.444 e. The molecule has 9 aromatic rings. The highest BCUT2D eigenvalue weighted by molar-refractivity contribution is 5.77. The van der Waals surface area contributed by atoms with Crippen molar-refractivity contribution < 1.29 is 38.9 Å². The van der Waals surface area contributed by atoms with E-state index in [4.69, 9.17) is 9.47 Å². The molecule has 3 saturated heterocycles. The molecule has 0 saturated carbocycles. The molecule has 7 unspecified atom stereocenters. The molecule has 3 fully saturated rings. The highest BCUT2D eigenvalue weighted by Crippen LogP contribution is 2.36. The third-order valence-corrected chi connectivity index (χ3v) is 19.7. The molecule has 0 aliphatic carbocycles. The number of aldehydes is 2. The SMILES string of the molecule is CC(C)(C)OC(=O)N1CCCC(c2ccncc2C=O)C1.CC(C)(C)OC(=O)N1CCCC(c2ccncc2CO)C1.CNC(Cc1ccccc1)c1ccncc1C=O.CNC(Cc1ccccc1)c1ccncc1CO.c1cc2c(cn1)CN1CCCC2C1.c1ccc(CC2NCc3cnccc32)cc1. The quantitative estimate of drug-likeness (QED) is 0.0564. The number of fused-ring (bicyclic) bond motifs is 5. The van der Waals surface area contributed by atoms with Crippen LogP contribution in [0.25, 0.3) is 0 Å². The number of piperidine rings is 3. The summed E-state index contributed by atoms with van der Waals surface area (Å²) in [5.74, 6) is 1.19. The molecular formula is C87H108N12O8. The summed E-state index contributed by atoms with van der Waals surface area (Å²) in [6.07, 6.45) is 31.8. The van der Waals surface area contributed by atoms with Gasteiger partial charge in [0.25, 0.3) is 0 Å². The van der Waals surface area contributed by atoms with Crippen LogP contribution in [0, 0.1) is 0 Å². The monoisotopic (exact) mass is 1450 g/mol. The first kappa shape index (κ1) is 81.3. The standard InChI is InChI=1S/C16H24N2O3.C16H22N2O3.C15H18N2O.C15H16N2O.C14H14N2.C11H14N2/c2*1-16(2,3)21-15(20)18-8-4-5-12(10-18)14-6-7-17-9-13(14)11-19;2*1-16-15(9-12-5-3-2-4-6-12)14-7-8-17-10-13(14)11-18;1-2-4-11(5-3-1)8-14-13-6-7-15-9-12(13)10-16-14;1-2-9-7-13(5-1)8-10-6-12-4-3-11(9)10/h6-7,9,12,19H,4-5,8,10-11H2,1-3H3;6-7,9,11-12H,4-5,8,10H2,1-3H3;2-8,10,15-16,18H,9,11H2,1H3;2-8,10-11,15-16H,9H2,1H3;1-7,9,14,16H,8,10H2;3-4,6,9H,1-2,5,7-8H2. The van der Waals surface area contributed by atoms with E-state index in [9.17, 15) is 29.4 Å². The van der Waals surface area contributed by atoms with Crippen LogP contribution in [0.5, 0.6) is 0 Å². The second kappa shape index (κ2) is 41.4. The van der Waals surface area contributed by atoms with Gasteiger partial charge in [0.05, 0.1) is 13.2 Å². The van der Waals surface area contributed by atoms with E-state index in [-0.39, 0.29) is 49.3 Å². The molecule has 6 aromatic heterocycles. The number of hydrogen-bond donors (Lipinski definition) is 5. The molecule has 20 nitrogen and oxygen atoms in total. The van der Waals surface area contributed by atoms with Gasteiger partial charge in [0.1, 0.15) is 11.2 Å². The van der Waals surface area contributed by atoms with E-state index in [0.29, 0.717) is 36.8 Å². The van der Waals surface area contributed by atoms with Gasteiger partial charge in [-0.2, -0.15) is 0 Å². The molecule has 5 aliphatic heterocycles. The number of aromatic nitrogens is 6. The molecule has 5 N–H and O–H groups in total. The highest BCUT2D eigenvalue weighted by Gasteiger charge is 2.32. The van der Waals surface area contributed by atoms with Crippen LogP contribution in [0.2, 0.25) is 0 Å². The lowest BCUT2D eigenvalue weighted by atomic mass is 9.85. The van der Waals surface area contributed by atoms with Gasteiger partial charge in [-0.3, -0.25) is 44.4 Å². The van der Waals surface area contributed by atoms with Crippen LogP contribution in [0.15, 0.2) is 202 Å². The van der Waals surface area contributed by atoms with Crippen LogP contribution in [-0.4, -0.2) is 144 Å². The predicted molar refractivity (Wildman–Crippen MR) is 418 cm³/mol. The van der Waals surface area contributed by atoms with Crippen molar-refractivity contribution in [1.29, 1.82) is 0 Å². The summed E-state index contributed by atoms with van der Waals surface area (Å²) < 4.78 is 10.9. The van der Waals surface area contributed by atoms with Crippen molar-refractivity contribution in [2.75, 3.05) is 53.4 Å². The molecule has 7 atom stereocenters. The fourth-order valence-corrected chi connectivity index (χ4v) is 14.4. The van der Waals surface area contributed by atoms with Crippen LogP contribution in [0.1, 0.15) is 209 Å². The van der Waals surface area contributed by atoms with Crippen molar-refractivity contribution in [1.82, 2.24) is 60.6 Å². The van der Waals surface area contributed by atoms with Crippen molar-refractivity contribution in [2.24, 2.45) is 0 Å². The van der Waals surface area contributed by atoms with Crippen molar-refractivity contribution >= 4 is 24.8 Å². The molecule has 11 heterocycles. The van der Waals surface area contributed by atoms with E-state index in [1.807, 2.05) is 141 Å². The lowest BCUT2D eigenvalue weighted by Crippen LogP contribution is -2.42. The van der Waals surface area contributed by atoms with Crippen molar-refractivity contribution in [2.45, 2.75) is 173 Å². The number of hydrogen-bond acceptors (Lipinski definition) is 18. The molecular weight excluding hydrogens is 1340 g/mol. The highest BCUT2D eigenvalue weighted by atomic mass is 16.6. The first-order valence-electron chi connectivity index (χ1n) is 37.5. The van der Waals surface area contributed by atoms with Crippen molar-refractivity contribution in [3.8, 4) is 0 Å². The summed E-state index contributed by atoms with van der Waals surface area (Å²) >= 11 is 0. The molecule has 5 aliphatic rings. The fraction of sp³-hybridized carbons (Fsp3) is 0.402. The van der Waals surface area contributed by atoms with Crippen molar-refractivity contribution in [3.63, 3.8) is 0 Å². The number of likely N-dealkylation sites (tertiary alicyclic amines) is 2. The Kier molecular flexibility index (Phi) is 31.4. The maximum absolute atomic E-state index is 12.2. The third kappa shape index (κ3) is 24.9. The first-order chi connectivity index (χ1) is 51.9. The number of benzene rings is 3. The molecule has 14 rings (SSSR count). The van der Waals surface area contributed by atoms with Gasteiger partial charge < -0.3 is 45.4 Å². The Morgan fingerprint density at radius 2 is 0.925 bits per heavy atom. The van der Waals surface area contributed by atoms with Crippen LogP contribution in [0.4, 0.5) is 9.59 Å². The average Bonchev–Trinajstić information content (AvgIpc) is 1.05.